The molecule has 1 N–H and O–H groups in total. The van der Waals surface area contributed by atoms with Gasteiger partial charge in [0.25, 0.3) is 10.2 Å². The number of nitrogens with one attached hydrogen (secondary N) is 1. The van der Waals surface area contributed by atoms with E-state index in [4.69, 9.17) is 0 Å². The number of rotatable bonds is 5. The first-order chi connectivity index (χ1) is 10.1. The van der Waals surface area contributed by atoms with Crippen LogP contribution in [0.15, 0.2) is 0 Å². The van der Waals surface area contributed by atoms with Crippen LogP contribution < -0.4 is 5.32 Å². The fourth-order valence-electron chi connectivity index (χ4n) is 3.66. The van der Waals surface area contributed by atoms with E-state index in [-0.39, 0.29) is 12.1 Å². The Kier molecular flexibility index (Phi) is 4.88. The first-order valence-corrected chi connectivity index (χ1v) is 9.98. The van der Waals surface area contributed by atoms with E-state index in [0.29, 0.717) is 12.5 Å². The third-order valence-electron chi connectivity index (χ3n) is 5.19. The van der Waals surface area contributed by atoms with Gasteiger partial charge in [0, 0.05) is 25.2 Å². The van der Waals surface area contributed by atoms with E-state index in [2.05, 4.69) is 12.2 Å². The second-order valence-corrected chi connectivity index (χ2v) is 8.79. The lowest BCUT2D eigenvalue weighted by Crippen LogP contribution is -2.52. The largest absolute Gasteiger partial charge is 0.317 e. The van der Waals surface area contributed by atoms with Crippen molar-refractivity contribution in [2.45, 2.75) is 64.0 Å². The van der Waals surface area contributed by atoms with E-state index in [1.165, 1.54) is 0 Å². The Hall–Kier alpha value is -0.170. The zero-order valence-corrected chi connectivity index (χ0v) is 13.9. The van der Waals surface area contributed by atoms with Gasteiger partial charge in [0.2, 0.25) is 0 Å². The minimum absolute atomic E-state index is 0.165. The van der Waals surface area contributed by atoms with Gasteiger partial charge in [0.15, 0.2) is 0 Å². The highest BCUT2D eigenvalue weighted by Crippen LogP contribution is 2.34. The van der Waals surface area contributed by atoms with Crippen molar-refractivity contribution in [2.75, 3.05) is 26.2 Å². The van der Waals surface area contributed by atoms with Gasteiger partial charge in [0.1, 0.15) is 0 Å². The monoisotopic (exact) mass is 315 g/mol. The van der Waals surface area contributed by atoms with Crippen molar-refractivity contribution in [3.8, 4) is 0 Å². The molecule has 3 fully saturated rings. The maximum absolute atomic E-state index is 13.1. The van der Waals surface area contributed by atoms with Crippen molar-refractivity contribution in [2.24, 2.45) is 5.92 Å². The third-order valence-corrected chi connectivity index (χ3v) is 7.36. The average Bonchev–Trinajstić information content (AvgIpc) is 3.30. The minimum atomic E-state index is -3.26. The van der Waals surface area contributed by atoms with E-state index in [1.807, 2.05) is 4.31 Å². The highest BCUT2D eigenvalue weighted by atomic mass is 32.2. The second kappa shape index (κ2) is 6.52. The van der Waals surface area contributed by atoms with E-state index in [0.717, 1.165) is 64.6 Å². The molecule has 2 aliphatic heterocycles. The molecule has 2 heterocycles. The molecule has 0 aromatic heterocycles. The summed E-state index contributed by atoms with van der Waals surface area (Å²) >= 11 is 0. The number of hydrogen-bond donors (Lipinski definition) is 1. The Balaban J connectivity index is 1.72. The molecule has 5 nitrogen and oxygen atoms in total. The van der Waals surface area contributed by atoms with Crippen LogP contribution in [-0.2, 0) is 10.2 Å². The van der Waals surface area contributed by atoms with Crippen LogP contribution in [0.2, 0.25) is 0 Å². The Morgan fingerprint density at radius 2 is 1.81 bits per heavy atom. The molecule has 0 aromatic rings. The Morgan fingerprint density at radius 1 is 1.10 bits per heavy atom. The standard InChI is InChI=1S/C15H29N3O2S/c1-13-4-2-3-11-17(13)21(19,20)18(15-5-6-15)12-14-7-9-16-10-8-14/h13-16H,2-12H2,1H3. The van der Waals surface area contributed by atoms with Crippen LogP contribution in [0.4, 0.5) is 0 Å². The van der Waals surface area contributed by atoms with Crippen LogP contribution in [-0.4, -0.2) is 55.3 Å². The van der Waals surface area contributed by atoms with Crippen LogP contribution in [0.5, 0.6) is 0 Å². The normalized spacial score (nSPS) is 29.9. The lowest BCUT2D eigenvalue weighted by molar-refractivity contribution is 0.224. The van der Waals surface area contributed by atoms with Crippen LogP contribution in [0, 0.1) is 5.92 Å². The fraction of sp³-hybridized carbons (Fsp3) is 1.00. The summed E-state index contributed by atoms with van der Waals surface area (Å²) in [7, 11) is -3.26. The molecule has 3 rings (SSSR count). The van der Waals surface area contributed by atoms with Crippen molar-refractivity contribution in [1.82, 2.24) is 13.9 Å². The molecule has 0 bridgehead atoms. The predicted octanol–water partition coefficient (Wildman–Crippen LogP) is 1.57. The number of piperidine rings is 2. The lowest BCUT2D eigenvalue weighted by Gasteiger charge is -2.38. The SMILES string of the molecule is CC1CCCCN1S(=O)(=O)N(CC1CCNCC1)C1CC1. The van der Waals surface area contributed by atoms with Gasteiger partial charge in [-0.2, -0.15) is 17.0 Å². The number of hydrogen-bond acceptors (Lipinski definition) is 3. The smallest absolute Gasteiger partial charge is 0.282 e. The van der Waals surface area contributed by atoms with Crippen LogP contribution in [0.3, 0.4) is 0 Å². The summed E-state index contributed by atoms with van der Waals surface area (Å²) in [6.07, 6.45) is 7.48. The molecule has 0 spiro atoms. The molecule has 21 heavy (non-hydrogen) atoms. The maximum atomic E-state index is 13.1. The summed E-state index contributed by atoms with van der Waals surface area (Å²) in [5.74, 6) is 0.529. The van der Waals surface area contributed by atoms with Gasteiger partial charge in [-0.15, -0.1) is 0 Å². The summed E-state index contributed by atoms with van der Waals surface area (Å²) in [6.45, 7) is 5.57. The van der Waals surface area contributed by atoms with E-state index >= 15 is 0 Å². The summed E-state index contributed by atoms with van der Waals surface area (Å²) in [4.78, 5) is 0. The van der Waals surface area contributed by atoms with Crippen molar-refractivity contribution in [1.29, 1.82) is 0 Å². The third kappa shape index (κ3) is 3.60. The molecule has 3 aliphatic rings. The summed E-state index contributed by atoms with van der Waals surface area (Å²) in [6, 6.07) is 0.442. The summed E-state index contributed by atoms with van der Waals surface area (Å²) < 4.78 is 29.8. The van der Waals surface area contributed by atoms with Crippen LogP contribution in [0.1, 0.15) is 51.9 Å². The zero-order valence-electron chi connectivity index (χ0n) is 13.1. The topological polar surface area (TPSA) is 52.7 Å². The molecular formula is C15H29N3O2S. The highest BCUT2D eigenvalue weighted by Gasteiger charge is 2.43. The Labute approximate surface area is 129 Å². The Bertz CT molecular complexity index is 444. The van der Waals surface area contributed by atoms with Crippen molar-refractivity contribution in [3.63, 3.8) is 0 Å². The molecule has 0 amide bonds. The summed E-state index contributed by atoms with van der Waals surface area (Å²) in [5, 5.41) is 3.36. The van der Waals surface area contributed by atoms with Gasteiger partial charge in [-0.25, -0.2) is 0 Å². The van der Waals surface area contributed by atoms with Crippen molar-refractivity contribution in [3.05, 3.63) is 0 Å². The van der Waals surface area contributed by atoms with Crippen molar-refractivity contribution < 1.29 is 8.42 Å². The molecule has 1 saturated carbocycles. The van der Waals surface area contributed by atoms with Gasteiger partial charge in [-0.3, -0.25) is 0 Å². The van der Waals surface area contributed by atoms with E-state index in [1.54, 1.807) is 4.31 Å². The second-order valence-electron chi connectivity index (χ2n) is 6.96. The predicted molar refractivity (Wildman–Crippen MR) is 84.3 cm³/mol. The molecular weight excluding hydrogens is 286 g/mol. The molecule has 2 saturated heterocycles. The van der Waals surface area contributed by atoms with Gasteiger partial charge < -0.3 is 5.32 Å². The molecule has 0 radical (unpaired) electrons. The van der Waals surface area contributed by atoms with Crippen molar-refractivity contribution >= 4 is 10.2 Å². The first kappa shape index (κ1) is 15.7. The van der Waals surface area contributed by atoms with E-state index < -0.39 is 10.2 Å². The van der Waals surface area contributed by atoms with Gasteiger partial charge in [0.05, 0.1) is 0 Å². The average molecular weight is 315 g/mol. The minimum Gasteiger partial charge on any atom is -0.317 e. The molecule has 122 valence electrons. The summed E-state index contributed by atoms with van der Waals surface area (Å²) in [5.41, 5.74) is 0. The van der Waals surface area contributed by atoms with Gasteiger partial charge >= 0.3 is 0 Å². The molecule has 6 heteroatoms. The lowest BCUT2D eigenvalue weighted by atomic mass is 9.98. The molecule has 1 unspecified atom stereocenters. The number of nitrogens with zero attached hydrogens (tertiary/aromatic N) is 2. The fourth-order valence-corrected chi connectivity index (χ4v) is 5.84. The van der Waals surface area contributed by atoms with Gasteiger partial charge in [-0.05, 0) is 64.5 Å². The molecule has 1 atom stereocenters. The van der Waals surface area contributed by atoms with Crippen LogP contribution >= 0.6 is 0 Å². The molecule has 1 aliphatic carbocycles. The van der Waals surface area contributed by atoms with Gasteiger partial charge in [-0.1, -0.05) is 6.42 Å². The first-order valence-electron chi connectivity index (χ1n) is 8.58. The van der Waals surface area contributed by atoms with E-state index in [9.17, 15) is 8.42 Å². The quantitative estimate of drug-likeness (QED) is 0.838. The highest BCUT2D eigenvalue weighted by molar-refractivity contribution is 7.86. The van der Waals surface area contributed by atoms with Crippen LogP contribution in [0.25, 0.3) is 0 Å². The zero-order chi connectivity index (χ0) is 14.9. The molecule has 0 aromatic carbocycles. The maximum Gasteiger partial charge on any atom is 0.282 e. The Morgan fingerprint density at radius 3 is 2.43 bits per heavy atom.